The molecule has 2 N–H and O–H groups in total. The van der Waals surface area contributed by atoms with Crippen LogP contribution in [0.3, 0.4) is 0 Å². The van der Waals surface area contributed by atoms with Crippen LogP contribution in [-0.4, -0.2) is 30.9 Å². The molecule has 1 saturated carbocycles. The van der Waals surface area contributed by atoms with Crippen LogP contribution in [0.5, 0.6) is 0 Å². The molecule has 2 nitrogen and oxygen atoms in total. The molecule has 13 heavy (non-hydrogen) atoms. The summed E-state index contributed by atoms with van der Waals surface area (Å²) < 4.78 is 0. The SMILES string of the molecule is SCC[C@H]1CN[C@H]2CCC[C@H]2NC1. The van der Waals surface area contributed by atoms with E-state index in [-0.39, 0.29) is 0 Å². The Morgan fingerprint density at radius 2 is 1.69 bits per heavy atom. The number of hydrogen-bond acceptors (Lipinski definition) is 3. The van der Waals surface area contributed by atoms with Crippen molar-refractivity contribution in [2.45, 2.75) is 37.8 Å². The van der Waals surface area contributed by atoms with Crippen LogP contribution in [0.2, 0.25) is 0 Å². The van der Waals surface area contributed by atoms with Crippen LogP contribution in [-0.2, 0) is 0 Å². The van der Waals surface area contributed by atoms with E-state index in [1.54, 1.807) is 0 Å². The fourth-order valence-corrected chi connectivity index (χ4v) is 2.91. The minimum absolute atomic E-state index is 0.755. The van der Waals surface area contributed by atoms with E-state index in [0.717, 1.165) is 23.8 Å². The van der Waals surface area contributed by atoms with Gasteiger partial charge in [-0.05, 0) is 44.0 Å². The summed E-state index contributed by atoms with van der Waals surface area (Å²) in [4.78, 5) is 0. The molecule has 0 radical (unpaired) electrons. The quantitative estimate of drug-likeness (QED) is 0.580. The first-order valence-corrected chi connectivity index (χ1v) is 6.11. The van der Waals surface area contributed by atoms with Crippen LogP contribution in [0.1, 0.15) is 25.7 Å². The van der Waals surface area contributed by atoms with Gasteiger partial charge in [0.15, 0.2) is 0 Å². The molecule has 0 spiro atoms. The van der Waals surface area contributed by atoms with Gasteiger partial charge in [0.25, 0.3) is 0 Å². The highest BCUT2D eigenvalue weighted by Gasteiger charge is 2.29. The van der Waals surface area contributed by atoms with E-state index in [1.807, 2.05) is 0 Å². The molecule has 1 saturated heterocycles. The first-order valence-electron chi connectivity index (χ1n) is 5.48. The molecular formula is C10H20N2S. The Hall–Kier alpha value is 0.270. The van der Waals surface area contributed by atoms with Gasteiger partial charge in [-0.1, -0.05) is 6.42 Å². The lowest BCUT2D eigenvalue weighted by Gasteiger charge is -2.16. The van der Waals surface area contributed by atoms with Crippen molar-refractivity contribution in [1.82, 2.24) is 10.6 Å². The zero-order valence-electron chi connectivity index (χ0n) is 8.13. The number of fused-ring (bicyclic) bond motifs is 1. The van der Waals surface area contributed by atoms with Crippen LogP contribution < -0.4 is 10.6 Å². The summed E-state index contributed by atoms with van der Waals surface area (Å²) >= 11 is 4.29. The Morgan fingerprint density at radius 1 is 1.08 bits per heavy atom. The third-order valence-electron chi connectivity index (χ3n) is 3.39. The van der Waals surface area contributed by atoms with E-state index in [1.165, 1.54) is 38.8 Å². The van der Waals surface area contributed by atoms with Gasteiger partial charge >= 0.3 is 0 Å². The largest absolute Gasteiger partial charge is 0.312 e. The Labute approximate surface area is 86.3 Å². The average molecular weight is 200 g/mol. The molecule has 0 aromatic heterocycles. The van der Waals surface area contributed by atoms with Crippen molar-refractivity contribution >= 4 is 12.6 Å². The Balaban J connectivity index is 1.84. The lowest BCUT2D eigenvalue weighted by atomic mass is 10.1. The van der Waals surface area contributed by atoms with Gasteiger partial charge < -0.3 is 10.6 Å². The van der Waals surface area contributed by atoms with E-state index in [4.69, 9.17) is 0 Å². The third kappa shape index (κ3) is 2.39. The van der Waals surface area contributed by atoms with Gasteiger partial charge in [0.05, 0.1) is 0 Å². The van der Waals surface area contributed by atoms with E-state index < -0.39 is 0 Å². The molecule has 1 aliphatic heterocycles. The summed E-state index contributed by atoms with van der Waals surface area (Å²) in [6.45, 7) is 2.38. The molecule has 0 unspecified atom stereocenters. The van der Waals surface area contributed by atoms with E-state index >= 15 is 0 Å². The molecule has 3 heteroatoms. The lowest BCUT2D eigenvalue weighted by Crippen LogP contribution is -2.40. The van der Waals surface area contributed by atoms with Gasteiger partial charge in [0.2, 0.25) is 0 Å². The highest BCUT2D eigenvalue weighted by Crippen LogP contribution is 2.21. The monoisotopic (exact) mass is 200 g/mol. The van der Waals surface area contributed by atoms with E-state index in [2.05, 4.69) is 23.3 Å². The second-order valence-electron chi connectivity index (χ2n) is 4.34. The molecule has 0 aromatic rings. The highest BCUT2D eigenvalue weighted by molar-refractivity contribution is 7.80. The second kappa shape index (κ2) is 4.67. The smallest absolute Gasteiger partial charge is 0.0221 e. The van der Waals surface area contributed by atoms with Crippen molar-refractivity contribution in [2.75, 3.05) is 18.8 Å². The Morgan fingerprint density at radius 3 is 2.23 bits per heavy atom. The predicted octanol–water partition coefficient (Wildman–Crippen LogP) is 1.04. The molecule has 76 valence electrons. The maximum atomic E-state index is 4.29. The van der Waals surface area contributed by atoms with Gasteiger partial charge in [-0.25, -0.2) is 0 Å². The summed E-state index contributed by atoms with van der Waals surface area (Å²) in [6, 6.07) is 1.51. The minimum atomic E-state index is 0.755. The third-order valence-corrected chi connectivity index (χ3v) is 3.65. The van der Waals surface area contributed by atoms with Gasteiger partial charge in [0.1, 0.15) is 0 Å². The number of hydrogen-bond donors (Lipinski definition) is 3. The lowest BCUT2D eigenvalue weighted by molar-refractivity contribution is 0.460. The second-order valence-corrected chi connectivity index (χ2v) is 4.79. The van der Waals surface area contributed by atoms with Crippen molar-refractivity contribution in [3.05, 3.63) is 0 Å². The van der Waals surface area contributed by atoms with Crippen molar-refractivity contribution < 1.29 is 0 Å². The predicted molar refractivity (Wildman–Crippen MR) is 59.4 cm³/mol. The van der Waals surface area contributed by atoms with Crippen molar-refractivity contribution in [3.63, 3.8) is 0 Å². The highest BCUT2D eigenvalue weighted by atomic mass is 32.1. The number of rotatable bonds is 2. The molecule has 2 aliphatic rings. The summed E-state index contributed by atoms with van der Waals surface area (Å²) in [5, 5.41) is 7.36. The number of nitrogens with one attached hydrogen (secondary N) is 2. The molecule has 1 aliphatic carbocycles. The molecule has 0 aromatic carbocycles. The van der Waals surface area contributed by atoms with Gasteiger partial charge in [-0.15, -0.1) is 0 Å². The molecule has 0 bridgehead atoms. The summed E-state index contributed by atoms with van der Waals surface area (Å²) in [5.74, 6) is 1.81. The first kappa shape index (κ1) is 9.81. The summed E-state index contributed by atoms with van der Waals surface area (Å²) in [5.41, 5.74) is 0. The normalized spacial score (nSPS) is 39.9. The molecule has 3 atom stereocenters. The van der Waals surface area contributed by atoms with Gasteiger partial charge in [0, 0.05) is 12.1 Å². The Bertz CT molecular complexity index is 149. The van der Waals surface area contributed by atoms with Crippen molar-refractivity contribution in [1.29, 1.82) is 0 Å². The molecule has 0 amide bonds. The fraction of sp³-hybridized carbons (Fsp3) is 1.00. The first-order chi connectivity index (χ1) is 6.40. The van der Waals surface area contributed by atoms with Crippen molar-refractivity contribution in [2.24, 2.45) is 5.92 Å². The van der Waals surface area contributed by atoms with Gasteiger partial charge in [-0.3, -0.25) is 0 Å². The molecule has 2 rings (SSSR count). The zero-order chi connectivity index (χ0) is 9.10. The van der Waals surface area contributed by atoms with Crippen LogP contribution in [0.15, 0.2) is 0 Å². The minimum Gasteiger partial charge on any atom is -0.312 e. The van der Waals surface area contributed by atoms with Crippen LogP contribution >= 0.6 is 12.6 Å². The topological polar surface area (TPSA) is 24.1 Å². The van der Waals surface area contributed by atoms with Crippen LogP contribution in [0.25, 0.3) is 0 Å². The fourth-order valence-electron chi connectivity index (χ4n) is 2.54. The zero-order valence-corrected chi connectivity index (χ0v) is 9.02. The Kier molecular flexibility index (Phi) is 3.52. The average Bonchev–Trinajstić information content (AvgIpc) is 2.50. The summed E-state index contributed by atoms with van der Waals surface area (Å²) in [6.07, 6.45) is 5.37. The summed E-state index contributed by atoms with van der Waals surface area (Å²) in [7, 11) is 0. The maximum Gasteiger partial charge on any atom is 0.0221 e. The van der Waals surface area contributed by atoms with Crippen molar-refractivity contribution in [3.8, 4) is 0 Å². The van der Waals surface area contributed by atoms with E-state index in [0.29, 0.717) is 0 Å². The van der Waals surface area contributed by atoms with Crippen LogP contribution in [0, 0.1) is 5.92 Å². The van der Waals surface area contributed by atoms with Gasteiger partial charge in [-0.2, -0.15) is 12.6 Å². The van der Waals surface area contributed by atoms with E-state index in [9.17, 15) is 0 Å². The maximum absolute atomic E-state index is 4.29. The standard InChI is InChI=1S/C10H20N2S/c13-5-4-8-6-11-9-2-1-3-10(9)12-7-8/h8-13H,1-7H2/t8-,9-,10+. The molecule has 1 heterocycles. The molecule has 2 fully saturated rings. The van der Waals surface area contributed by atoms with Crippen LogP contribution in [0.4, 0.5) is 0 Å². The number of thiol groups is 1. The molecular weight excluding hydrogens is 180 g/mol.